The van der Waals surface area contributed by atoms with Gasteiger partial charge in [-0.3, -0.25) is 9.59 Å². The van der Waals surface area contributed by atoms with Crippen LogP contribution in [0.5, 0.6) is 0 Å². The maximum absolute atomic E-state index is 12.4. The van der Waals surface area contributed by atoms with E-state index in [-0.39, 0.29) is 25.3 Å². The molecule has 100 valence electrons. The zero-order valence-electron chi connectivity index (χ0n) is 8.95. The summed E-state index contributed by atoms with van der Waals surface area (Å²) in [4.78, 5) is 21.0. The summed E-state index contributed by atoms with van der Waals surface area (Å²) in [6.45, 7) is -0.468. The molecule has 0 aliphatic heterocycles. The topological polar surface area (TPSA) is 92.3 Å². The molecule has 0 aliphatic rings. The largest absolute Gasteiger partial charge is 0.481 e. The van der Waals surface area contributed by atoms with Crippen molar-refractivity contribution < 1.29 is 27.8 Å². The third-order valence-corrected chi connectivity index (χ3v) is 1.87. The molecule has 9 heteroatoms. The summed E-state index contributed by atoms with van der Waals surface area (Å²) in [6, 6.07) is 0.569. The minimum absolute atomic E-state index is 0.132. The van der Waals surface area contributed by atoms with Gasteiger partial charge < -0.3 is 9.84 Å². The quantitative estimate of drug-likeness (QED) is 0.768. The average molecular weight is 266 g/mol. The number of halogens is 3. The molecule has 2 N–H and O–H groups in total. The summed E-state index contributed by atoms with van der Waals surface area (Å²) in [7, 11) is 0. The van der Waals surface area contributed by atoms with Crippen molar-refractivity contribution in [2.24, 2.45) is 0 Å². The number of nitrogens with zero attached hydrogens (tertiary/aromatic N) is 1. The number of rotatable bonds is 5. The van der Waals surface area contributed by atoms with Crippen molar-refractivity contribution in [2.75, 3.05) is 6.61 Å². The Balaban J connectivity index is 2.68. The van der Waals surface area contributed by atoms with Crippen LogP contribution in [0.1, 0.15) is 17.7 Å². The number of aliphatic carboxylic acids is 1. The van der Waals surface area contributed by atoms with Gasteiger partial charge in [-0.15, -0.1) is 0 Å². The molecule has 1 rings (SSSR count). The molecule has 1 heterocycles. The highest BCUT2D eigenvalue weighted by Crippen LogP contribution is 2.26. The summed E-state index contributed by atoms with van der Waals surface area (Å²) in [5.74, 6) is -1.08. The molecule has 0 amide bonds. The zero-order valence-corrected chi connectivity index (χ0v) is 8.95. The second kappa shape index (κ2) is 5.63. The molecule has 0 atom stereocenters. The van der Waals surface area contributed by atoms with Gasteiger partial charge in [0.25, 0.3) is 5.56 Å². The van der Waals surface area contributed by atoms with E-state index in [4.69, 9.17) is 9.84 Å². The van der Waals surface area contributed by atoms with Crippen LogP contribution in [0.3, 0.4) is 0 Å². The van der Waals surface area contributed by atoms with Crippen molar-refractivity contribution in [2.45, 2.75) is 19.2 Å². The molecular formula is C9H9F3N2O4. The van der Waals surface area contributed by atoms with Gasteiger partial charge in [-0.05, 0) is 6.07 Å². The fourth-order valence-corrected chi connectivity index (χ4v) is 1.07. The van der Waals surface area contributed by atoms with Crippen LogP contribution < -0.4 is 5.56 Å². The molecule has 0 aliphatic carbocycles. The number of carboxylic acid groups (broad SMARTS) is 1. The predicted octanol–water partition coefficient (Wildman–Crippen LogP) is 0.780. The Bertz CT molecular complexity index is 483. The first-order chi connectivity index (χ1) is 8.30. The summed E-state index contributed by atoms with van der Waals surface area (Å²) < 4.78 is 41.9. The summed E-state index contributed by atoms with van der Waals surface area (Å²) in [6.07, 6.45) is -5.04. The van der Waals surface area contributed by atoms with Crippen LogP contribution in [0.4, 0.5) is 13.2 Å². The lowest BCUT2D eigenvalue weighted by Gasteiger charge is -2.07. The van der Waals surface area contributed by atoms with E-state index in [0.29, 0.717) is 6.07 Å². The fraction of sp³-hybridized carbons (Fsp3) is 0.444. The van der Waals surface area contributed by atoms with Gasteiger partial charge in [0.15, 0.2) is 0 Å². The summed E-state index contributed by atoms with van der Waals surface area (Å²) >= 11 is 0. The molecule has 0 saturated heterocycles. The van der Waals surface area contributed by atoms with Crippen molar-refractivity contribution in [3.8, 4) is 0 Å². The van der Waals surface area contributed by atoms with Crippen molar-refractivity contribution >= 4 is 5.97 Å². The Kier molecular flexibility index (Phi) is 4.43. The van der Waals surface area contributed by atoms with Gasteiger partial charge in [0.05, 0.1) is 25.3 Å². The van der Waals surface area contributed by atoms with Crippen molar-refractivity contribution in [3.63, 3.8) is 0 Å². The third kappa shape index (κ3) is 4.17. The highest BCUT2D eigenvalue weighted by Gasteiger charge is 2.34. The molecule has 0 aromatic carbocycles. The lowest BCUT2D eigenvalue weighted by atomic mass is 10.2. The smallest absolute Gasteiger partial charge is 0.421 e. The van der Waals surface area contributed by atoms with Crippen molar-refractivity contribution in [1.82, 2.24) is 10.2 Å². The fourth-order valence-electron chi connectivity index (χ4n) is 1.07. The molecule has 6 nitrogen and oxygen atoms in total. The molecule has 0 unspecified atom stereocenters. The Hall–Kier alpha value is -1.90. The molecule has 0 radical (unpaired) electrons. The molecule has 0 saturated carbocycles. The van der Waals surface area contributed by atoms with E-state index in [2.05, 4.69) is 5.10 Å². The Labute approximate surface area is 98.4 Å². The van der Waals surface area contributed by atoms with Gasteiger partial charge in [0, 0.05) is 0 Å². The molecule has 0 bridgehead atoms. The van der Waals surface area contributed by atoms with Crippen molar-refractivity contribution in [3.05, 3.63) is 27.7 Å². The van der Waals surface area contributed by atoms with Crippen LogP contribution in [-0.2, 0) is 22.3 Å². The number of hydrogen-bond acceptors (Lipinski definition) is 4. The first-order valence-corrected chi connectivity index (χ1v) is 4.76. The number of carboxylic acids is 1. The van der Waals surface area contributed by atoms with E-state index in [1.54, 1.807) is 5.10 Å². The number of nitrogens with one attached hydrogen (secondary N) is 1. The van der Waals surface area contributed by atoms with Gasteiger partial charge in [-0.25, -0.2) is 5.10 Å². The minimum atomic E-state index is -4.77. The normalized spacial score (nSPS) is 11.5. The second-order valence-corrected chi connectivity index (χ2v) is 3.30. The standard InChI is InChI=1S/C9H9F3N2O4/c10-9(11,12)6-3-5(13-14-8(6)17)4-18-2-1-7(15)16/h3H,1-2,4H2,(H,14,17)(H,15,16). The first-order valence-electron chi connectivity index (χ1n) is 4.76. The average Bonchev–Trinajstić information content (AvgIpc) is 2.24. The Morgan fingerprint density at radius 2 is 2.17 bits per heavy atom. The van der Waals surface area contributed by atoms with E-state index in [0.717, 1.165) is 0 Å². The third-order valence-electron chi connectivity index (χ3n) is 1.87. The zero-order chi connectivity index (χ0) is 13.8. The number of ether oxygens (including phenoxy) is 1. The van der Waals surface area contributed by atoms with Crippen LogP contribution in [0.25, 0.3) is 0 Å². The van der Waals surface area contributed by atoms with Gasteiger partial charge >= 0.3 is 12.1 Å². The van der Waals surface area contributed by atoms with Crippen molar-refractivity contribution in [1.29, 1.82) is 0 Å². The maximum atomic E-state index is 12.4. The molecule has 1 aromatic rings. The maximum Gasteiger partial charge on any atom is 0.421 e. The van der Waals surface area contributed by atoms with Gasteiger partial charge in [0.2, 0.25) is 0 Å². The van der Waals surface area contributed by atoms with Gasteiger partial charge in [0.1, 0.15) is 5.56 Å². The Morgan fingerprint density at radius 3 is 2.72 bits per heavy atom. The number of carbonyl (C=O) groups is 1. The molecular weight excluding hydrogens is 257 g/mol. The highest BCUT2D eigenvalue weighted by molar-refractivity contribution is 5.66. The van der Waals surface area contributed by atoms with E-state index < -0.39 is 23.3 Å². The van der Waals surface area contributed by atoms with Crippen LogP contribution in [0.15, 0.2) is 10.9 Å². The van der Waals surface area contributed by atoms with Crippen LogP contribution in [0, 0.1) is 0 Å². The van der Waals surface area contributed by atoms with E-state index in [9.17, 15) is 22.8 Å². The van der Waals surface area contributed by atoms with Crippen LogP contribution in [-0.4, -0.2) is 27.9 Å². The number of aromatic amines is 1. The minimum Gasteiger partial charge on any atom is -0.481 e. The lowest BCUT2D eigenvalue weighted by Crippen LogP contribution is -2.23. The monoisotopic (exact) mass is 266 g/mol. The van der Waals surface area contributed by atoms with Crippen LogP contribution >= 0.6 is 0 Å². The number of hydrogen-bond donors (Lipinski definition) is 2. The molecule has 18 heavy (non-hydrogen) atoms. The number of H-pyrrole nitrogens is 1. The number of alkyl halides is 3. The Morgan fingerprint density at radius 1 is 1.50 bits per heavy atom. The SMILES string of the molecule is O=C(O)CCOCc1cc(C(F)(F)F)c(=O)[nH]n1. The summed E-state index contributed by atoms with van der Waals surface area (Å²) in [5, 5.41) is 13.4. The first kappa shape index (κ1) is 14.2. The predicted molar refractivity (Wildman–Crippen MR) is 51.8 cm³/mol. The van der Waals surface area contributed by atoms with E-state index in [1.807, 2.05) is 0 Å². The highest BCUT2D eigenvalue weighted by atomic mass is 19.4. The summed E-state index contributed by atoms with van der Waals surface area (Å²) in [5.41, 5.74) is -2.83. The molecule has 1 aromatic heterocycles. The molecule has 0 spiro atoms. The number of aromatic nitrogens is 2. The van der Waals surface area contributed by atoms with Gasteiger partial charge in [-0.1, -0.05) is 0 Å². The lowest BCUT2D eigenvalue weighted by molar-refractivity contribution is -0.139. The van der Waals surface area contributed by atoms with Gasteiger partial charge in [-0.2, -0.15) is 18.3 Å². The van der Waals surface area contributed by atoms with E-state index in [1.165, 1.54) is 0 Å². The van der Waals surface area contributed by atoms with E-state index >= 15 is 0 Å². The van der Waals surface area contributed by atoms with Crippen LogP contribution in [0.2, 0.25) is 0 Å². The second-order valence-electron chi connectivity index (χ2n) is 3.30. The molecule has 0 fully saturated rings.